The molecular formula is C54H116N2O4S. The van der Waals surface area contributed by atoms with E-state index in [0.717, 1.165) is 0 Å². The minimum atomic E-state index is -5.17. The third-order valence-electron chi connectivity index (χ3n) is 13.7. The van der Waals surface area contributed by atoms with E-state index in [1.54, 1.807) is 0 Å². The summed E-state index contributed by atoms with van der Waals surface area (Å²) in [5, 5.41) is 0. The van der Waals surface area contributed by atoms with Crippen molar-refractivity contribution in [3.63, 3.8) is 0 Å². The standard InChI is InChI=1S/2C27H58N.H2O4S/c2*1-5-8-10-12-14-16-18-20-22-24-26-28(4,7-3)27-25-23-21-19-17-15-13-11-9-6-2;1-5(2,3)4/h2*5-27H2,1-4H3;(H2,1,2,3,4)/q2*+1;/p-2. The zero-order chi connectivity index (χ0) is 46.0. The zero-order valence-corrected chi connectivity index (χ0v) is 44.3. The molecule has 0 N–H and O–H groups in total. The first kappa shape index (κ1) is 65.1. The normalized spacial score (nSPS) is 12.0. The summed E-state index contributed by atoms with van der Waals surface area (Å²) in [6.45, 7) is 22.3. The molecular weight excluding hydrogens is 773 g/mol. The number of rotatable bonds is 46. The van der Waals surface area contributed by atoms with Gasteiger partial charge >= 0.3 is 0 Å². The average Bonchev–Trinajstić information content (AvgIpc) is 3.23. The fourth-order valence-electron chi connectivity index (χ4n) is 8.78. The molecule has 0 aliphatic rings. The molecule has 0 heterocycles. The Morgan fingerprint density at radius 1 is 0.262 bits per heavy atom. The predicted molar refractivity (Wildman–Crippen MR) is 271 cm³/mol. The summed E-state index contributed by atoms with van der Waals surface area (Å²) in [4.78, 5) is 0. The Balaban J connectivity index is -0.000000991. The van der Waals surface area contributed by atoms with E-state index in [1.165, 1.54) is 305 Å². The molecule has 0 bridgehead atoms. The Kier molecular flexibility index (Phi) is 54.2. The quantitative estimate of drug-likeness (QED) is 0.0264. The maximum Gasteiger partial charge on any atom is 0.0784 e. The summed E-state index contributed by atoms with van der Waals surface area (Å²) in [7, 11) is -0.164. The van der Waals surface area contributed by atoms with Crippen LogP contribution in [0.1, 0.15) is 298 Å². The summed E-state index contributed by atoms with van der Waals surface area (Å²) in [5.74, 6) is 0. The molecule has 61 heavy (non-hydrogen) atoms. The third-order valence-corrected chi connectivity index (χ3v) is 13.7. The van der Waals surface area contributed by atoms with Crippen LogP contribution < -0.4 is 0 Å². The zero-order valence-electron chi connectivity index (χ0n) is 43.5. The molecule has 372 valence electrons. The van der Waals surface area contributed by atoms with Crippen molar-refractivity contribution in [2.24, 2.45) is 0 Å². The molecule has 0 aliphatic heterocycles. The highest BCUT2D eigenvalue weighted by molar-refractivity contribution is 7.79. The molecule has 0 unspecified atom stereocenters. The lowest BCUT2D eigenvalue weighted by molar-refractivity contribution is -0.908. The molecule has 0 amide bonds. The van der Waals surface area contributed by atoms with Gasteiger partial charge < -0.3 is 18.1 Å². The Hall–Kier alpha value is -0.210. The largest absolute Gasteiger partial charge is 0.759 e. The maximum atomic E-state index is 8.52. The molecule has 0 atom stereocenters. The van der Waals surface area contributed by atoms with Crippen LogP contribution >= 0.6 is 0 Å². The van der Waals surface area contributed by atoms with Crippen LogP contribution in [0.4, 0.5) is 0 Å². The van der Waals surface area contributed by atoms with Gasteiger partial charge in [0.15, 0.2) is 0 Å². The van der Waals surface area contributed by atoms with Crippen molar-refractivity contribution >= 4 is 10.4 Å². The van der Waals surface area contributed by atoms with Crippen LogP contribution in [0, 0.1) is 0 Å². The van der Waals surface area contributed by atoms with Gasteiger partial charge in [0, 0.05) is 10.4 Å². The number of hydrogen-bond acceptors (Lipinski definition) is 4. The van der Waals surface area contributed by atoms with Gasteiger partial charge in [0.1, 0.15) is 0 Å². The summed E-state index contributed by atoms with van der Waals surface area (Å²) >= 11 is 0. The van der Waals surface area contributed by atoms with Crippen LogP contribution in [0.25, 0.3) is 0 Å². The summed E-state index contributed by atoms with van der Waals surface area (Å²) in [6, 6.07) is 0. The van der Waals surface area contributed by atoms with Crippen molar-refractivity contribution in [2.45, 2.75) is 298 Å². The minimum Gasteiger partial charge on any atom is -0.759 e. The first-order chi connectivity index (χ1) is 29.4. The lowest BCUT2D eigenvalue weighted by Crippen LogP contribution is -2.45. The van der Waals surface area contributed by atoms with Crippen molar-refractivity contribution in [3.05, 3.63) is 0 Å². The number of unbranched alkanes of at least 4 members (excludes halogenated alkanes) is 36. The van der Waals surface area contributed by atoms with E-state index in [-0.39, 0.29) is 0 Å². The molecule has 0 aromatic carbocycles. The molecule has 0 aliphatic carbocycles. The van der Waals surface area contributed by atoms with Gasteiger partial charge in [0.05, 0.1) is 53.4 Å². The van der Waals surface area contributed by atoms with Crippen LogP contribution in [0.5, 0.6) is 0 Å². The molecule has 6 nitrogen and oxygen atoms in total. The highest BCUT2D eigenvalue weighted by atomic mass is 32.3. The number of nitrogens with zero attached hydrogens (tertiary/aromatic N) is 2. The summed E-state index contributed by atoms with van der Waals surface area (Å²) < 4.78 is 36.7. The van der Waals surface area contributed by atoms with Crippen LogP contribution in [-0.4, -0.2) is 79.9 Å². The first-order valence-corrected chi connectivity index (χ1v) is 29.0. The predicted octanol–water partition coefficient (Wildman–Crippen LogP) is 17.3. The number of hydrogen-bond donors (Lipinski definition) is 0. The van der Waals surface area contributed by atoms with Crippen molar-refractivity contribution < 1.29 is 26.5 Å². The SMILES string of the molecule is CCCCCCCCCCCC[N+](C)(CC)CCCCCCCCCCCC.CCCCCCCCCCCC[N+](C)(CC)CCCCCCCCCCCC.O=S(=O)([O-])[O-]. The van der Waals surface area contributed by atoms with Crippen LogP contribution in [0.15, 0.2) is 0 Å². The van der Waals surface area contributed by atoms with E-state index < -0.39 is 10.4 Å². The van der Waals surface area contributed by atoms with Crippen molar-refractivity contribution in [1.82, 2.24) is 0 Å². The molecule has 0 aromatic rings. The van der Waals surface area contributed by atoms with E-state index in [4.69, 9.17) is 17.5 Å². The van der Waals surface area contributed by atoms with Crippen LogP contribution in [0.3, 0.4) is 0 Å². The van der Waals surface area contributed by atoms with Gasteiger partial charge in [0.2, 0.25) is 0 Å². The van der Waals surface area contributed by atoms with Gasteiger partial charge in [-0.15, -0.1) is 0 Å². The molecule has 7 heteroatoms. The molecule has 0 spiro atoms. The summed E-state index contributed by atoms with van der Waals surface area (Å²) in [6.07, 6.45) is 58.1. The topological polar surface area (TPSA) is 80.3 Å². The second-order valence-corrected chi connectivity index (χ2v) is 20.7. The van der Waals surface area contributed by atoms with Gasteiger partial charge in [-0.1, -0.05) is 233 Å². The second-order valence-electron chi connectivity index (χ2n) is 19.9. The molecule has 0 rings (SSSR count). The fourth-order valence-corrected chi connectivity index (χ4v) is 8.78. The Bertz CT molecular complexity index is 801. The molecule has 0 saturated carbocycles. The fraction of sp³-hybridized carbons (Fsp3) is 1.00. The average molecular weight is 890 g/mol. The van der Waals surface area contributed by atoms with Gasteiger partial charge in [-0.05, 0) is 65.2 Å². The van der Waals surface area contributed by atoms with E-state index in [2.05, 4.69) is 55.6 Å². The van der Waals surface area contributed by atoms with E-state index in [0.29, 0.717) is 0 Å². The third kappa shape index (κ3) is 59.8. The van der Waals surface area contributed by atoms with Crippen LogP contribution in [-0.2, 0) is 10.4 Å². The van der Waals surface area contributed by atoms with E-state index in [1.807, 2.05) is 0 Å². The smallest absolute Gasteiger partial charge is 0.0784 e. The molecule has 0 aromatic heterocycles. The molecule has 0 radical (unpaired) electrons. The highest BCUT2D eigenvalue weighted by Crippen LogP contribution is 2.17. The molecule has 0 saturated heterocycles. The Morgan fingerprint density at radius 2 is 0.377 bits per heavy atom. The Morgan fingerprint density at radius 3 is 0.492 bits per heavy atom. The maximum absolute atomic E-state index is 8.52. The van der Waals surface area contributed by atoms with Crippen molar-refractivity contribution in [2.75, 3.05) is 53.4 Å². The second kappa shape index (κ2) is 50.8. The monoisotopic (exact) mass is 889 g/mol. The van der Waals surface area contributed by atoms with Gasteiger partial charge in [0.25, 0.3) is 0 Å². The lowest BCUT2D eigenvalue weighted by atomic mass is 10.1. The van der Waals surface area contributed by atoms with Gasteiger partial charge in [-0.2, -0.15) is 0 Å². The van der Waals surface area contributed by atoms with Crippen molar-refractivity contribution in [1.29, 1.82) is 0 Å². The van der Waals surface area contributed by atoms with Gasteiger partial charge in [-0.3, -0.25) is 8.42 Å². The highest BCUT2D eigenvalue weighted by Gasteiger charge is 2.18. The van der Waals surface area contributed by atoms with Gasteiger partial charge in [-0.25, -0.2) is 0 Å². The lowest BCUT2D eigenvalue weighted by Gasteiger charge is -2.33. The van der Waals surface area contributed by atoms with Crippen molar-refractivity contribution in [3.8, 4) is 0 Å². The number of quaternary nitrogens is 2. The van der Waals surface area contributed by atoms with Crippen LogP contribution in [0.2, 0.25) is 0 Å². The summed E-state index contributed by atoms with van der Waals surface area (Å²) in [5.41, 5.74) is 0. The Labute approximate surface area is 387 Å². The van der Waals surface area contributed by atoms with E-state index >= 15 is 0 Å². The van der Waals surface area contributed by atoms with E-state index in [9.17, 15) is 0 Å². The first-order valence-electron chi connectivity index (χ1n) is 27.7. The molecule has 0 fully saturated rings. The minimum absolute atomic E-state index is 1.31.